The maximum atomic E-state index is 12.9. The van der Waals surface area contributed by atoms with Crippen LogP contribution in [0.2, 0.25) is 5.02 Å². The summed E-state index contributed by atoms with van der Waals surface area (Å²) in [5.74, 6) is -0.793. The summed E-state index contributed by atoms with van der Waals surface area (Å²) in [4.78, 5) is 2.27. The number of nitrogens with one attached hydrogen (secondary N) is 1. The molecule has 0 unspecified atom stereocenters. The van der Waals surface area contributed by atoms with E-state index < -0.39 is 12.0 Å². The van der Waals surface area contributed by atoms with Gasteiger partial charge in [0.1, 0.15) is 5.82 Å². The summed E-state index contributed by atoms with van der Waals surface area (Å²) >= 11 is 6.23. The Balaban J connectivity index is 1.40. The van der Waals surface area contributed by atoms with Gasteiger partial charge in [0.05, 0.1) is 0 Å². The molecular weight excluding hydrogens is 381 g/mol. The minimum atomic E-state index is -4.60. The standard InChI is InChI=1S/C17H16ClF3N6/c18-13-3-1-2-11-10-26(8-6-12(11)13)9-7-22-14-4-5-15-23-24-16(17(19,20)21)27(15)25-14/h1-5H,6-10H2,(H,22,25). The molecule has 3 aromatic rings. The van der Waals surface area contributed by atoms with Crippen LogP contribution in [0.1, 0.15) is 17.0 Å². The van der Waals surface area contributed by atoms with E-state index in [1.165, 1.54) is 17.2 Å². The summed E-state index contributed by atoms with van der Waals surface area (Å²) in [5.41, 5.74) is 2.47. The molecule has 6 nitrogen and oxygen atoms in total. The Hall–Kier alpha value is -2.39. The van der Waals surface area contributed by atoms with Crippen molar-refractivity contribution < 1.29 is 13.2 Å². The summed E-state index contributed by atoms with van der Waals surface area (Å²) in [6.07, 6.45) is -3.72. The molecule has 2 aromatic heterocycles. The molecule has 0 amide bonds. The molecular formula is C17H16ClF3N6. The van der Waals surface area contributed by atoms with Crippen LogP contribution in [0.4, 0.5) is 19.0 Å². The first kappa shape index (κ1) is 18.0. The summed E-state index contributed by atoms with van der Waals surface area (Å²) in [7, 11) is 0. The van der Waals surface area contributed by atoms with Crippen molar-refractivity contribution in [3.05, 3.63) is 52.3 Å². The number of hydrogen-bond donors (Lipinski definition) is 1. The van der Waals surface area contributed by atoms with Crippen molar-refractivity contribution in [2.45, 2.75) is 19.1 Å². The second-order valence-corrected chi connectivity index (χ2v) is 6.75. The number of rotatable bonds is 4. The van der Waals surface area contributed by atoms with Gasteiger partial charge in [-0.2, -0.15) is 17.7 Å². The van der Waals surface area contributed by atoms with Crippen LogP contribution in [-0.2, 0) is 19.1 Å². The number of nitrogens with zero attached hydrogens (tertiary/aromatic N) is 5. The van der Waals surface area contributed by atoms with Gasteiger partial charge in [-0.25, -0.2) is 0 Å². The van der Waals surface area contributed by atoms with Crippen molar-refractivity contribution >= 4 is 23.1 Å². The highest BCUT2D eigenvalue weighted by molar-refractivity contribution is 6.31. The lowest BCUT2D eigenvalue weighted by Gasteiger charge is -2.29. The van der Waals surface area contributed by atoms with E-state index in [0.717, 1.165) is 31.1 Å². The predicted molar refractivity (Wildman–Crippen MR) is 94.7 cm³/mol. The summed E-state index contributed by atoms with van der Waals surface area (Å²) in [6.45, 7) is 2.97. The number of halogens is 4. The van der Waals surface area contributed by atoms with Crippen molar-refractivity contribution in [2.24, 2.45) is 0 Å². The topological polar surface area (TPSA) is 58.4 Å². The molecule has 0 aliphatic carbocycles. The maximum absolute atomic E-state index is 12.9. The van der Waals surface area contributed by atoms with Gasteiger partial charge in [0, 0.05) is 31.2 Å². The number of aromatic nitrogens is 4. The molecule has 1 N–H and O–H groups in total. The average Bonchev–Trinajstić information content (AvgIpc) is 3.05. The molecule has 0 spiro atoms. The second kappa shape index (κ2) is 6.97. The molecule has 0 atom stereocenters. The SMILES string of the molecule is FC(F)(F)c1nnc2ccc(NCCN3CCc4c(Cl)cccc4C3)nn12. The van der Waals surface area contributed by atoms with Crippen molar-refractivity contribution in [1.82, 2.24) is 24.7 Å². The van der Waals surface area contributed by atoms with Gasteiger partial charge >= 0.3 is 6.18 Å². The highest BCUT2D eigenvalue weighted by atomic mass is 35.5. The normalized spacial score (nSPS) is 15.1. The van der Waals surface area contributed by atoms with E-state index in [0.29, 0.717) is 16.9 Å². The highest BCUT2D eigenvalue weighted by Crippen LogP contribution is 2.28. The van der Waals surface area contributed by atoms with E-state index in [2.05, 4.69) is 31.6 Å². The lowest BCUT2D eigenvalue weighted by Crippen LogP contribution is -2.34. The summed E-state index contributed by atoms with van der Waals surface area (Å²) < 4.78 is 39.5. The van der Waals surface area contributed by atoms with Crippen molar-refractivity contribution in [3.8, 4) is 0 Å². The van der Waals surface area contributed by atoms with Crippen molar-refractivity contribution in [3.63, 3.8) is 0 Å². The minimum absolute atomic E-state index is 0.0531. The third-order valence-electron chi connectivity index (χ3n) is 4.54. The lowest BCUT2D eigenvalue weighted by molar-refractivity contribution is -0.146. The minimum Gasteiger partial charge on any atom is -0.367 e. The van der Waals surface area contributed by atoms with Crippen LogP contribution in [0.5, 0.6) is 0 Å². The first-order valence-electron chi connectivity index (χ1n) is 8.44. The molecule has 0 saturated heterocycles. The van der Waals surface area contributed by atoms with Crippen LogP contribution in [0.15, 0.2) is 30.3 Å². The van der Waals surface area contributed by atoms with Crippen LogP contribution >= 0.6 is 11.6 Å². The Labute approximate surface area is 157 Å². The van der Waals surface area contributed by atoms with Gasteiger partial charge in [-0.15, -0.1) is 15.3 Å². The fourth-order valence-corrected chi connectivity index (χ4v) is 3.50. The number of anilines is 1. The summed E-state index contributed by atoms with van der Waals surface area (Å²) in [6, 6.07) is 8.96. The van der Waals surface area contributed by atoms with E-state index in [9.17, 15) is 13.2 Å². The van der Waals surface area contributed by atoms with E-state index in [-0.39, 0.29) is 5.65 Å². The van der Waals surface area contributed by atoms with Gasteiger partial charge < -0.3 is 5.32 Å². The largest absolute Gasteiger partial charge is 0.453 e. The van der Waals surface area contributed by atoms with Crippen molar-refractivity contribution in [2.75, 3.05) is 25.0 Å². The molecule has 1 aromatic carbocycles. The fourth-order valence-electron chi connectivity index (χ4n) is 3.21. The zero-order valence-electron chi connectivity index (χ0n) is 14.2. The van der Waals surface area contributed by atoms with Gasteiger partial charge in [0.25, 0.3) is 5.82 Å². The second-order valence-electron chi connectivity index (χ2n) is 6.34. The molecule has 0 radical (unpaired) electrons. The highest BCUT2D eigenvalue weighted by Gasteiger charge is 2.37. The van der Waals surface area contributed by atoms with Crippen LogP contribution in [-0.4, -0.2) is 44.3 Å². The zero-order valence-corrected chi connectivity index (χ0v) is 14.9. The van der Waals surface area contributed by atoms with E-state index >= 15 is 0 Å². The molecule has 0 bridgehead atoms. The molecule has 142 valence electrons. The van der Waals surface area contributed by atoms with Crippen LogP contribution in [0.3, 0.4) is 0 Å². The molecule has 3 heterocycles. The molecule has 1 aliphatic rings. The van der Waals surface area contributed by atoms with Gasteiger partial charge in [0.15, 0.2) is 5.65 Å². The Morgan fingerprint density at radius 2 is 2.00 bits per heavy atom. The monoisotopic (exact) mass is 396 g/mol. The summed E-state index contributed by atoms with van der Waals surface area (Å²) in [5, 5.41) is 14.5. The quantitative estimate of drug-likeness (QED) is 0.733. The smallest absolute Gasteiger partial charge is 0.367 e. The van der Waals surface area contributed by atoms with E-state index in [1.54, 1.807) is 6.07 Å². The van der Waals surface area contributed by atoms with Crippen LogP contribution in [0.25, 0.3) is 5.65 Å². The Morgan fingerprint density at radius 3 is 2.81 bits per heavy atom. The predicted octanol–water partition coefficient (Wildman–Crippen LogP) is 3.27. The zero-order chi connectivity index (χ0) is 19.0. The van der Waals surface area contributed by atoms with Crippen molar-refractivity contribution in [1.29, 1.82) is 0 Å². The van der Waals surface area contributed by atoms with E-state index in [1.807, 2.05) is 12.1 Å². The molecule has 1 aliphatic heterocycles. The number of benzene rings is 1. The first-order chi connectivity index (χ1) is 12.9. The van der Waals surface area contributed by atoms with Crippen LogP contribution in [0, 0.1) is 0 Å². The lowest BCUT2D eigenvalue weighted by atomic mass is 10.00. The molecule has 4 rings (SSSR count). The molecule has 10 heteroatoms. The van der Waals surface area contributed by atoms with Crippen LogP contribution < -0.4 is 5.32 Å². The molecule has 0 fully saturated rings. The van der Waals surface area contributed by atoms with Gasteiger partial charge in [-0.05, 0) is 35.7 Å². The third-order valence-corrected chi connectivity index (χ3v) is 4.89. The number of fused-ring (bicyclic) bond motifs is 2. The number of hydrogen-bond acceptors (Lipinski definition) is 5. The van der Waals surface area contributed by atoms with Gasteiger partial charge in [-0.3, -0.25) is 4.90 Å². The third kappa shape index (κ3) is 3.70. The average molecular weight is 397 g/mol. The molecule has 27 heavy (non-hydrogen) atoms. The molecule has 0 saturated carbocycles. The van der Waals surface area contributed by atoms with Gasteiger partial charge in [-0.1, -0.05) is 23.7 Å². The first-order valence-corrected chi connectivity index (χ1v) is 8.82. The Morgan fingerprint density at radius 1 is 1.15 bits per heavy atom. The maximum Gasteiger partial charge on any atom is 0.453 e. The number of alkyl halides is 3. The Bertz CT molecular complexity index is 971. The Kier molecular flexibility index (Phi) is 4.65. The fraction of sp³-hybridized carbons (Fsp3) is 0.353. The van der Waals surface area contributed by atoms with Gasteiger partial charge in [0.2, 0.25) is 0 Å². The van der Waals surface area contributed by atoms with E-state index in [4.69, 9.17) is 11.6 Å².